The summed E-state index contributed by atoms with van der Waals surface area (Å²) in [7, 11) is 1.51. The van der Waals surface area contributed by atoms with Crippen molar-refractivity contribution in [1.29, 1.82) is 0 Å². The van der Waals surface area contributed by atoms with Crippen molar-refractivity contribution < 1.29 is 9.72 Å². The summed E-state index contributed by atoms with van der Waals surface area (Å²) in [5, 5.41) is 14.2. The average molecular weight is 433 g/mol. The Kier molecular flexibility index (Phi) is 5.48. The maximum Gasteiger partial charge on any atom is 0.294 e. The number of nitro groups is 1. The number of anilines is 1. The van der Waals surface area contributed by atoms with Crippen molar-refractivity contribution in [2.75, 3.05) is 25.0 Å². The standard InChI is InChI=1S/C19H21BrN4O3/c1-22-18(25)15-11-14(20)12-16(24(26)27)17(15)23-9-7-19(21,8-10-23)13-5-3-2-4-6-13/h2-6,11-12H,7-10,21H2,1H3,(H,22,25). The summed E-state index contributed by atoms with van der Waals surface area (Å²) >= 11 is 3.26. The van der Waals surface area contributed by atoms with Crippen molar-refractivity contribution >= 4 is 33.2 Å². The highest BCUT2D eigenvalue weighted by Crippen LogP contribution is 2.39. The Morgan fingerprint density at radius 2 is 1.89 bits per heavy atom. The highest BCUT2D eigenvalue weighted by molar-refractivity contribution is 9.10. The molecule has 2 aromatic carbocycles. The Hall–Kier alpha value is -2.45. The zero-order valence-electron chi connectivity index (χ0n) is 14.9. The topological polar surface area (TPSA) is 101 Å². The Balaban J connectivity index is 1.96. The second-order valence-electron chi connectivity index (χ2n) is 6.67. The first-order chi connectivity index (χ1) is 12.9. The summed E-state index contributed by atoms with van der Waals surface area (Å²) in [5.41, 5.74) is 7.73. The molecule has 27 heavy (non-hydrogen) atoms. The number of piperidine rings is 1. The lowest BCUT2D eigenvalue weighted by atomic mass is 9.81. The van der Waals surface area contributed by atoms with Gasteiger partial charge in [-0.1, -0.05) is 46.3 Å². The van der Waals surface area contributed by atoms with E-state index in [-0.39, 0.29) is 17.2 Å². The quantitative estimate of drug-likeness (QED) is 0.570. The molecule has 0 saturated carbocycles. The maximum absolute atomic E-state index is 12.3. The van der Waals surface area contributed by atoms with Crippen LogP contribution in [0.1, 0.15) is 28.8 Å². The molecule has 3 N–H and O–H groups in total. The van der Waals surface area contributed by atoms with E-state index in [0.717, 1.165) is 5.56 Å². The lowest BCUT2D eigenvalue weighted by Gasteiger charge is -2.40. The molecule has 0 spiro atoms. The van der Waals surface area contributed by atoms with Gasteiger partial charge in [0.1, 0.15) is 5.69 Å². The van der Waals surface area contributed by atoms with Crippen LogP contribution in [0.5, 0.6) is 0 Å². The molecule has 8 heteroatoms. The van der Waals surface area contributed by atoms with E-state index < -0.39 is 10.5 Å². The molecule has 0 aliphatic carbocycles. The van der Waals surface area contributed by atoms with Crippen LogP contribution in [0.3, 0.4) is 0 Å². The fraction of sp³-hybridized carbons (Fsp3) is 0.316. The maximum atomic E-state index is 12.3. The molecule has 0 radical (unpaired) electrons. The summed E-state index contributed by atoms with van der Waals surface area (Å²) in [6.07, 6.45) is 1.27. The lowest BCUT2D eigenvalue weighted by Crippen LogP contribution is -2.48. The number of halogens is 1. The normalized spacial score (nSPS) is 16.0. The Labute approximate surface area is 165 Å². The molecule has 1 aliphatic heterocycles. The van der Waals surface area contributed by atoms with Crippen LogP contribution < -0.4 is 16.0 Å². The van der Waals surface area contributed by atoms with E-state index in [4.69, 9.17) is 5.73 Å². The van der Waals surface area contributed by atoms with Gasteiger partial charge in [0.25, 0.3) is 11.6 Å². The Morgan fingerprint density at radius 1 is 1.26 bits per heavy atom. The van der Waals surface area contributed by atoms with E-state index >= 15 is 0 Å². The molecule has 142 valence electrons. The number of carbonyl (C=O) groups is 1. The first-order valence-corrected chi connectivity index (χ1v) is 9.44. The van der Waals surface area contributed by atoms with Crippen LogP contribution in [0.25, 0.3) is 0 Å². The van der Waals surface area contributed by atoms with Gasteiger partial charge in [-0.25, -0.2) is 0 Å². The monoisotopic (exact) mass is 432 g/mol. The van der Waals surface area contributed by atoms with Crippen LogP contribution >= 0.6 is 15.9 Å². The highest BCUT2D eigenvalue weighted by atomic mass is 79.9. The van der Waals surface area contributed by atoms with Crippen molar-refractivity contribution in [3.8, 4) is 0 Å². The average Bonchev–Trinajstić information content (AvgIpc) is 2.68. The molecule has 0 atom stereocenters. The zero-order chi connectivity index (χ0) is 19.6. The number of nitrogens with zero attached hydrogens (tertiary/aromatic N) is 2. The summed E-state index contributed by atoms with van der Waals surface area (Å²) in [6.45, 7) is 1.05. The van der Waals surface area contributed by atoms with Gasteiger partial charge in [-0.3, -0.25) is 14.9 Å². The van der Waals surface area contributed by atoms with Gasteiger partial charge in [0.15, 0.2) is 0 Å². The van der Waals surface area contributed by atoms with Crippen LogP contribution in [0.2, 0.25) is 0 Å². The SMILES string of the molecule is CNC(=O)c1cc(Br)cc([N+](=O)[O-])c1N1CCC(N)(c2ccccc2)CC1. The van der Waals surface area contributed by atoms with Gasteiger partial charge in [0.05, 0.1) is 10.5 Å². The van der Waals surface area contributed by atoms with E-state index in [2.05, 4.69) is 21.2 Å². The molecule has 1 aliphatic rings. The second kappa shape index (κ2) is 7.66. The van der Waals surface area contributed by atoms with Crippen LogP contribution in [-0.4, -0.2) is 31.0 Å². The van der Waals surface area contributed by atoms with Gasteiger partial charge in [0.2, 0.25) is 0 Å². The molecule has 0 bridgehead atoms. The molecule has 7 nitrogen and oxygen atoms in total. The third-order valence-electron chi connectivity index (χ3n) is 5.04. The Morgan fingerprint density at radius 3 is 2.44 bits per heavy atom. The molecule has 0 aromatic heterocycles. The van der Waals surface area contributed by atoms with Crippen molar-refractivity contribution in [2.24, 2.45) is 5.73 Å². The highest BCUT2D eigenvalue weighted by Gasteiger charge is 2.36. The zero-order valence-corrected chi connectivity index (χ0v) is 16.5. The smallest absolute Gasteiger partial charge is 0.294 e. The van der Waals surface area contributed by atoms with Gasteiger partial charge in [-0.2, -0.15) is 0 Å². The molecule has 1 saturated heterocycles. The van der Waals surface area contributed by atoms with Gasteiger partial charge in [-0.05, 0) is 24.5 Å². The van der Waals surface area contributed by atoms with Crippen LogP contribution in [-0.2, 0) is 5.54 Å². The number of carbonyl (C=O) groups excluding carboxylic acids is 1. The molecule has 2 aromatic rings. The first-order valence-electron chi connectivity index (χ1n) is 8.65. The lowest BCUT2D eigenvalue weighted by molar-refractivity contribution is -0.384. The molecule has 3 rings (SSSR count). The number of nitro benzene ring substituents is 1. The number of benzene rings is 2. The number of hydrogen-bond acceptors (Lipinski definition) is 5. The van der Waals surface area contributed by atoms with Gasteiger partial charge in [-0.15, -0.1) is 0 Å². The van der Waals surface area contributed by atoms with Crippen molar-refractivity contribution in [1.82, 2.24) is 5.32 Å². The number of hydrogen-bond donors (Lipinski definition) is 2. The minimum Gasteiger partial charge on any atom is -0.365 e. The van der Waals surface area contributed by atoms with E-state index in [0.29, 0.717) is 36.1 Å². The fourth-order valence-electron chi connectivity index (χ4n) is 3.55. The van der Waals surface area contributed by atoms with Crippen LogP contribution in [0.15, 0.2) is 46.9 Å². The minimum absolute atomic E-state index is 0.0905. The second-order valence-corrected chi connectivity index (χ2v) is 7.58. The fourth-order valence-corrected chi connectivity index (χ4v) is 4.00. The van der Waals surface area contributed by atoms with Gasteiger partial charge in [0, 0.05) is 36.2 Å². The predicted octanol–water partition coefficient (Wildman–Crippen LogP) is 3.17. The largest absolute Gasteiger partial charge is 0.365 e. The van der Waals surface area contributed by atoms with Crippen molar-refractivity contribution in [2.45, 2.75) is 18.4 Å². The predicted molar refractivity (Wildman–Crippen MR) is 108 cm³/mol. The molecule has 1 amide bonds. The summed E-state index contributed by atoms with van der Waals surface area (Å²) in [6, 6.07) is 12.9. The molecular weight excluding hydrogens is 412 g/mol. The number of amides is 1. The van der Waals surface area contributed by atoms with Crippen LogP contribution in [0.4, 0.5) is 11.4 Å². The summed E-state index contributed by atoms with van der Waals surface area (Å²) in [4.78, 5) is 25.4. The summed E-state index contributed by atoms with van der Waals surface area (Å²) < 4.78 is 0.492. The van der Waals surface area contributed by atoms with E-state index in [9.17, 15) is 14.9 Å². The van der Waals surface area contributed by atoms with Crippen LogP contribution in [0, 0.1) is 10.1 Å². The molecule has 0 unspecified atom stereocenters. The third kappa shape index (κ3) is 3.81. The Bertz CT molecular complexity index is 865. The summed E-state index contributed by atoms with van der Waals surface area (Å²) in [5.74, 6) is -0.359. The number of nitrogens with two attached hydrogens (primary N) is 1. The van der Waals surface area contributed by atoms with Crippen molar-refractivity contribution in [3.63, 3.8) is 0 Å². The molecular formula is C19H21BrN4O3. The van der Waals surface area contributed by atoms with E-state index in [1.165, 1.54) is 13.1 Å². The van der Waals surface area contributed by atoms with Crippen molar-refractivity contribution in [3.05, 3.63) is 68.2 Å². The van der Waals surface area contributed by atoms with E-state index in [1.807, 2.05) is 35.2 Å². The number of rotatable bonds is 4. The van der Waals surface area contributed by atoms with Gasteiger partial charge < -0.3 is 16.0 Å². The first kappa shape index (κ1) is 19.3. The van der Waals surface area contributed by atoms with E-state index in [1.54, 1.807) is 6.07 Å². The van der Waals surface area contributed by atoms with Gasteiger partial charge >= 0.3 is 0 Å². The number of nitrogens with one attached hydrogen (secondary N) is 1. The minimum atomic E-state index is -0.477. The molecule has 1 heterocycles. The molecule has 1 fully saturated rings. The third-order valence-corrected chi connectivity index (χ3v) is 5.50.